The molecule has 110 valence electrons. The van der Waals surface area contributed by atoms with Gasteiger partial charge in [0.15, 0.2) is 0 Å². The Hall–Kier alpha value is -0.650. The molecular weight excluding hydrogens is 244 g/mol. The fraction of sp³-hybridized carbons (Fsp3) is 0.929. The van der Waals surface area contributed by atoms with Gasteiger partial charge in [-0.3, -0.25) is 14.6 Å². The van der Waals surface area contributed by atoms with Crippen LogP contribution in [0, 0.1) is 0 Å². The Morgan fingerprint density at radius 2 is 1.79 bits per heavy atom. The summed E-state index contributed by atoms with van der Waals surface area (Å²) in [6.07, 6.45) is 5.40. The van der Waals surface area contributed by atoms with E-state index in [9.17, 15) is 9.90 Å². The zero-order valence-electron chi connectivity index (χ0n) is 11.7. The molecule has 0 amide bonds. The summed E-state index contributed by atoms with van der Waals surface area (Å²) >= 11 is 0. The lowest BCUT2D eigenvalue weighted by atomic mass is 10.0. The number of hydrogen-bond acceptors (Lipinski definition) is 4. The van der Waals surface area contributed by atoms with Crippen LogP contribution in [-0.2, 0) is 9.53 Å². The van der Waals surface area contributed by atoms with Gasteiger partial charge in [0.2, 0.25) is 0 Å². The molecule has 2 heterocycles. The maximum Gasteiger partial charge on any atom is 0.320 e. The maximum absolute atomic E-state index is 11.4. The molecule has 1 atom stereocenters. The smallest absolute Gasteiger partial charge is 0.320 e. The van der Waals surface area contributed by atoms with E-state index < -0.39 is 5.97 Å². The molecule has 2 aliphatic heterocycles. The molecule has 5 heteroatoms. The molecule has 5 nitrogen and oxygen atoms in total. The molecule has 0 saturated carbocycles. The number of carboxylic acid groups (broad SMARTS) is 1. The third-order valence-corrected chi connectivity index (χ3v) is 4.21. The molecular formula is C14H26N2O3. The van der Waals surface area contributed by atoms with Crippen LogP contribution >= 0.6 is 0 Å². The van der Waals surface area contributed by atoms with Crippen LogP contribution in [0.1, 0.15) is 32.1 Å². The van der Waals surface area contributed by atoms with Gasteiger partial charge in [-0.25, -0.2) is 0 Å². The van der Waals surface area contributed by atoms with E-state index >= 15 is 0 Å². The second kappa shape index (κ2) is 7.82. The number of carboxylic acids is 1. The van der Waals surface area contributed by atoms with E-state index in [1.807, 2.05) is 0 Å². The van der Waals surface area contributed by atoms with Gasteiger partial charge in [-0.15, -0.1) is 0 Å². The summed E-state index contributed by atoms with van der Waals surface area (Å²) in [6.45, 7) is 6.34. The second-order valence-corrected chi connectivity index (χ2v) is 5.55. The lowest BCUT2D eigenvalue weighted by Crippen LogP contribution is -2.47. The van der Waals surface area contributed by atoms with Crippen LogP contribution in [0.25, 0.3) is 0 Å². The van der Waals surface area contributed by atoms with E-state index in [-0.39, 0.29) is 6.04 Å². The number of ether oxygens (including phenoxy) is 1. The fourth-order valence-corrected chi connectivity index (χ4v) is 2.99. The zero-order valence-corrected chi connectivity index (χ0v) is 11.7. The van der Waals surface area contributed by atoms with Gasteiger partial charge in [0.05, 0.1) is 13.2 Å². The van der Waals surface area contributed by atoms with E-state index in [0.717, 1.165) is 65.2 Å². The molecule has 2 aliphatic rings. The Morgan fingerprint density at radius 3 is 2.53 bits per heavy atom. The van der Waals surface area contributed by atoms with Crippen molar-refractivity contribution in [1.29, 1.82) is 0 Å². The normalized spacial score (nSPS) is 27.7. The first-order chi connectivity index (χ1) is 9.27. The van der Waals surface area contributed by atoms with E-state index in [1.165, 1.54) is 12.8 Å². The molecule has 0 aromatic carbocycles. The minimum atomic E-state index is -0.649. The predicted octanol–water partition coefficient (Wildman–Crippen LogP) is 1.04. The standard InChI is InChI=1S/C14H26N2O3/c17-14(18)13-5-3-1-2-4-6-16(13)8-7-15-9-11-19-12-10-15/h13H,1-12H2,(H,17,18). The van der Waals surface area contributed by atoms with Crippen molar-refractivity contribution in [1.82, 2.24) is 9.80 Å². The average molecular weight is 270 g/mol. The Kier molecular flexibility index (Phi) is 6.07. The van der Waals surface area contributed by atoms with Crippen molar-refractivity contribution in [2.24, 2.45) is 0 Å². The van der Waals surface area contributed by atoms with Gasteiger partial charge in [-0.05, 0) is 19.4 Å². The first-order valence-corrected chi connectivity index (χ1v) is 7.54. The SMILES string of the molecule is O=C(O)C1CCCCCCN1CCN1CCOCC1. The third kappa shape index (κ3) is 4.75. The highest BCUT2D eigenvalue weighted by atomic mass is 16.5. The quantitative estimate of drug-likeness (QED) is 0.827. The Bertz CT molecular complexity index is 280. The van der Waals surface area contributed by atoms with Crippen LogP contribution in [0.3, 0.4) is 0 Å². The predicted molar refractivity (Wildman–Crippen MR) is 73.3 cm³/mol. The van der Waals surface area contributed by atoms with E-state index in [4.69, 9.17) is 4.74 Å². The Labute approximate surface area is 115 Å². The van der Waals surface area contributed by atoms with Crippen molar-refractivity contribution in [2.45, 2.75) is 38.1 Å². The maximum atomic E-state index is 11.4. The summed E-state index contributed by atoms with van der Waals surface area (Å²) in [5.74, 6) is -0.649. The van der Waals surface area contributed by atoms with Crippen molar-refractivity contribution < 1.29 is 14.6 Å². The number of nitrogens with zero attached hydrogens (tertiary/aromatic N) is 2. The van der Waals surface area contributed by atoms with Gasteiger partial charge in [-0.1, -0.05) is 19.3 Å². The molecule has 0 aromatic rings. The lowest BCUT2D eigenvalue weighted by molar-refractivity contribution is -0.144. The van der Waals surface area contributed by atoms with Crippen molar-refractivity contribution in [3.8, 4) is 0 Å². The molecule has 2 saturated heterocycles. The molecule has 0 bridgehead atoms. The monoisotopic (exact) mass is 270 g/mol. The molecule has 0 spiro atoms. The van der Waals surface area contributed by atoms with Crippen molar-refractivity contribution in [2.75, 3.05) is 45.9 Å². The highest BCUT2D eigenvalue weighted by Crippen LogP contribution is 2.17. The molecule has 0 aromatic heterocycles. The van der Waals surface area contributed by atoms with Gasteiger partial charge < -0.3 is 9.84 Å². The average Bonchev–Trinajstić information content (AvgIpc) is 2.38. The number of rotatable bonds is 4. The lowest BCUT2D eigenvalue weighted by Gasteiger charge is -2.34. The molecule has 1 unspecified atom stereocenters. The first-order valence-electron chi connectivity index (χ1n) is 7.54. The number of aliphatic carboxylic acids is 1. The second-order valence-electron chi connectivity index (χ2n) is 5.55. The van der Waals surface area contributed by atoms with Gasteiger partial charge in [-0.2, -0.15) is 0 Å². The number of hydrogen-bond donors (Lipinski definition) is 1. The van der Waals surface area contributed by atoms with Crippen LogP contribution in [0.4, 0.5) is 0 Å². The van der Waals surface area contributed by atoms with Gasteiger partial charge >= 0.3 is 5.97 Å². The zero-order chi connectivity index (χ0) is 13.5. The molecule has 2 rings (SSSR count). The summed E-state index contributed by atoms with van der Waals surface area (Å²) in [4.78, 5) is 16.0. The summed E-state index contributed by atoms with van der Waals surface area (Å²) in [6, 6.07) is -0.277. The van der Waals surface area contributed by atoms with Crippen LogP contribution in [0.2, 0.25) is 0 Å². The van der Waals surface area contributed by atoms with Gasteiger partial charge in [0, 0.05) is 26.2 Å². The van der Waals surface area contributed by atoms with Crippen LogP contribution < -0.4 is 0 Å². The summed E-state index contributed by atoms with van der Waals surface area (Å²) in [5.41, 5.74) is 0. The molecule has 19 heavy (non-hydrogen) atoms. The van der Waals surface area contributed by atoms with Crippen LogP contribution in [-0.4, -0.2) is 72.9 Å². The first kappa shape index (κ1) is 14.8. The highest BCUT2D eigenvalue weighted by Gasteiger charge is 2.26. The largest absolute Gasteiger partial charge is 0.480 e. The molecule has 1 N–H and O–H groups in total. The van der Waals surface area contributed by atoms with Crippen molar-refractivity contribution in [3.05, 3.63) is 0 Å². The van der Waals surface area contributed by atoms with E-state index in [2.05, 4.69) is 9.80 Å². The topological polar surface area (TPSA) is 53.0 Å². The number of carbonyl (C=O) groups is 1. The van der Waals surface area contributed by atoms with Crippen molar-refractivity contribution >= 4 is 5.97 Å². The number of likely N-dealkylation sites (tertiary alicyclic amines) is 1. The fourth-order valence-electron chi connectivity index (χ4n) is 2.99. The Morgan fingerprint density at radius 1 is 1.05 bits per heavy atom. The van der Waals surface area contributed by atoms with Gasteiger partial charge in [0.25, 0.3) is 0 Å². The minimum absolute atomic E-state index is 0.277. The summed E-state index contributed by atoms with van der Waals surface area (Å²) < 4.78 is 5.34. The highest BCUT2D eigenvalue weighted by molar-refractivity contribution is 5.73. The van der Waals surface area contributed by atoms with Crippen LogP contribution in [0.5, 0.6) is 0 Å². The van der Waals surface area contributed by atoms with E-state index in [1.54, 1.807) is 0 Å². The molecule has 0 aliphatic carbocycles. The van der Waals surface area contributed by atoms with E-state index in [0.29, 0.717) is 0 Å². The summed E-state index contributed by atoms with van der Waals surface area (Å²) in [5, 5.41) is 9.39. The minimum Gasteiger partial charge on any atom is -0.480 e. The third-order valence-electron chi connectivity index (χ3n) is 4.21. The molecule has 0 radical (unpaired) electrons. The van der Waals surface area contributed by atoms with Crippen molar-refractivity contribution in [3.63, 3.8) is 0 Å². The van der Waals surface area contributed by atoms with Gasteiger partial charge in [0.1, 0.15) is 6.04 Å². The molecule has 2 fully saturated rings. The Balaban J connectivity index is 1.83. The number of morpholine rings is 1. The summed E-state index contributed by atoms with van der Waals surface area (Å²) in [7, 11) is 0. The van der Waals surface area contributed by atoms with Crippen LogP contribution in [0.15, 0.2) is 0 Å².